The maximum absolute atomic E-state index is 13.5. The second-order valence-corrected chi connectivity index (χ2v) is 12.2. The van der Waals surface area contributed by atoms with Crippen molar-refractivity contribution in [3.8, 4) is 0 Å². The summed E-state index contributed by atoms with van der Waals surface area (Å²) < 4.78 is 54.2. The lowest BCUT2D eigenvalue weighted by molar-refractivity contribution is 0.102. The van der Waals surface area contributed by atoms with E-state index in [-0.39, 0.29) is 27.1 Å². The van der Waals surface area contributed by atoms with Gasteiger partial charge in [0.2, 0.25) is 10.0 Å². The lowest BCUT2D eigenvalue weighted by atomic mass is 10.1. The number of sulfonamides is 2. The van der Waals surface area contributed by atoms with E-state index in [4.69, 9.17) is 0 Å². The summed E-state index contributed by atoms with van der Waals surface area (Å²) in [6.07, 6.45) is 0.613. The molecule has 0 spiro atoms. The largest absolute Gasteiger partial charge is 0.322 e. The average molecular weight is 500 g/mol. The van der Waals surface area contributed by atoms with Gasteiger partial charge in [-0.25, -0.2) is 21.1 Å². The molecule has 1 amide bonds. The summed E-state index contributed by atoms with van der Waals surface area (Å²) in [6.45, 7) is 1.85. The summed E-state index contributed by atoms with van der Waals surface area (Å²) >= 11 is 0. The number of benzene rings is 3. The number of carbonyl (C=O) groups excluding carboxylic acids is 1. The van der Waals surface area contributed by atoms with Crippen LogP contribution in [0.15, 0.2) is 82.6 Å². The number of para-hydroxylation sites is 1. The number of nitrogens with one attached hydrogen (secondary N) is 1. The second-order valence-electron chi connectivity index (χ2n) is 8.28. The summed E-state index contributed by atoms with van der Waals surface area (Å²) in [5, 5.41) is 2.65. The molecule has 0 bridgehead atoms. The van der Waals surface area contributed by atoms with Crippen molar-refractivity contribution >= 4 is 37.3 Å². The first kappa shape index (κ1) is 23.9. The van der Waals surface area contributed by atoms with Gasteiger partial charge < -0.3 is 5.32 Å². The fraction of sp³-hybridized carbons (Fsp3) is 0.208. The molecule has 0 aromatic heterocycles. The summed E-state index contributed by atoms with van der Waals surface area (Å²) in [7, 11) is -4.72. The number of nitrogens with zero attached hydrogens (tertiary/aromatic N) is 2. The third-order valence-corrected chi connectivity index (χ3v) is 9.40. The smallest absolute Gasteiger partial charge is 0.264 e. The molecule has 0 saturated heterocycles. The zero-order chi connectivity index (χ0) is 24.7. The van der Waals surface area contributed by atoms with Gasteiger partial charge in [0.25, 0.3) is 15.9 Å². The predicted molar refractivity (Wildman–Crippen MR) is 131 cm³/mol. The highest BCUT2D eigenvalue weighted by molar-refractivity contribution is 7.93. The van der Waals surface area contributed by atoms with Gasteiger partial charge in [-0.05, 0) is 61.4 Å². The van der Waals surface area contributed by atoms with E-state index in [1.54, 1.807) is 18.2 Å². The molecule has 1 heterocycles. The van der Waals surface area contributed by atoms with Gasteiger partial charge in [-0.2, -0.15) is 0 Å². The minimum absolute atomic E-state index is 0.00707. The number of carbonyl (C=O) groups is 1. The van der Waals surface area contributed by atoms with Crippen LogP contribution in [0, 0.1) is 0 Å². The molecule has 1 aliphatic heterocycles. The first-order valence-corrected chi connectivity index (χ1v) is 13.5. The van der Waals surface area contributed by atoms with Crippen LogP contribution in [0.5, 0.6) is 0 Å². The SMILES string of the molecule is C[C@@H]1Cc2ccccc2N1S(=O)(=O)c1cccc(C(=O)Nc2cccc(S(=O)(=O)N(C)C)c2)c1. The molecule has 0 radical (unpaired) electrons. The van der Waals surface area contributed by atoms with E-state index in [2.05, 4.69) is 5.32 Å². The molecule has 0 fully saturated rings. The summed E-state index contributed by atoms with van der Waals surface area (Å²) in [5.41, 5.74) is 2.02. The molecule has 0 aliphatic carbocycles. The number of hydrogen-bond acceptors (Lipinski definition) is 5. The molecule has 10 heteroatoms. The van der Waals surface area contributed by atoms with Crippen LogP contribution in [0.4, 0.5) is 11.4 Å². The topological polar surface area (TPSA) is 104 Å². The Hall–Kier alpha value is -3.21. The zero-order valence-corrected chi connectivity index (χ0v) is 20.6. The predicted octanol–water partition coefficient (Wildman–Crippen LogP) is 3.33. The van der Waals surface area contributed by atoms with E-state index < -0.39 is 26.0 Å². The molecule has 8 nitrogen and oxygen atoms in total. The van der Waals surface area contributed by atoms with Crippen LogP contribution in [0.1, 0.15) is 22.8 Å². The standard InChI is InChI=1S/C24H25N3O5S2/c1-17-14-18-8-4-5-13-23(18)27(17)34(31,32)21-11-6-9-19(15-21)24(28)25-20-10-7-12-22(16-20)33(29,30)26(2)3/h4-13,15-17H,14H2,1-3H3,(H,25,28)/t17-/m1/s1. The van der Waals surface area contributed by atoms with Gasteiger partial charge >= 0.3 is 0 Å². The lowest BCUT2D eigenvalue weighted by Gasteiger charge is -2.24. The second kappa shape index (κ2) is 8.86. The number of fused-ring (bicyclic) bond motifs is 1. The van der Waals surface area contributed by atoms with Crippen molar-refractivity contribution in [2.45, 2.75) is 29.2 Å². The molecule has 3 aromatic carbocycles. The van der Waals surface area contributed by atoms with E-state index in [9.17, 15) is 21.6 Å². The number of anilines is 2. The zero-order valence-electron chi connectivity index (χ0n) is 19.0. The van der Waals surface area contributed by atoms with Crippen molar-refractivity contribution < 1.29 is 21.6 Å². The lowest BCUT2D eigenvalue weighted by Crippen LogP contribution is -2.35. The van der Waals surface area contributed by atoms with Crippen molar-refractivity contribution in [1.82, 2.24) is 4.31 Å². The highest BCUT2D eigenvalue weighted by Gasteiger charge is 2.36. The van der Waals surface area contributed by atoms with Gasteiger partial charge in [-0.15, -0.1) is 0 Å². The van der Waals surface area contributed by atoms with Gasteiger partial charge in [-0.1, -0.05) is 30.3 Å². The van der Waals surface area contributed by atoms with E-state index in [0.29, 0.717) is 12.1 Å². The maximum atomic E-state index is 13.5. The molecular formula is C24H25N3O5S2. The van der Waals surface area contributed by atoms with Gasteiger partial charge in [0.15, 0.2) is 0 Å². The Balaban J connectivity index is 1.62. The molecule has 0 saturated carbocycles. The number of rotatable bonds is 6. The molecule has 34 heavy (non-hydrogen) atoms. The Morgan fingerprint density at radius 3 is 2.32 bits per heavy atom. The van der Waals surface area contributed by atoms with Crippen LogP contribution in [0.3, 0.4) is 0 Å². The Labute approximate surface area is 199 Å². The van der Waals surface area contributed by atoms with E-state index in [1.807, 2.05) is 19.1 Å². The highest BCUT2D eigenvalue weighted by atomic mass is 32.2. The molecule has 4 rings (SSSR count). The van der Waals surface area contributed by atoms with Crippen molar-refractivity contribution in [2.75, 3.05) is 23.7 Å². The summed E-state index contributed by atoms with van der Waals surface area (Å²) in [6, 6.07) is 18.8. The van der Waals surface area contributed by atoms with Crippen LogP contribution in [-0.4, -0.2) is 47.2 Å². The quantitative estimate of drug-likeness (QED) is 0.560. The fourth-order valence-corrected chi connectivity index (χ4v) is 6.65. The van der Waals surface area contributed by atoms with Crippen molar-refractivity contribution in [3.05, 3.63) is 83.9 Å². The average Bonchev–Trinajstić information content (AvgIpc) is 3.15. The third-order valence-electron chi connectivity index (χ3n) is 5.67. The van der Waals surface area contributed by atoms with Gasteiger partial charge in [0.05, 0.1) is 15.5 Å². The highest BCUT2D eigenvalue weighted by Crippen LogP contribution is 2.36. The van der Waals surface area contributed by atoms with Crippen LogP contribution >= 0.6 is 0 Å². The van der Waals surface area contributed by atoms with Crippen LogP contribution < -0.4 is 9.62 Å². The van der Waals surface area contributed by atoms with Gasteiger partial charge in [0, 0.05) is 31.4 Å². The van der Waals surface area contributed by atoms with E-state index in [1.165, 1.54) is 60.9 Å². The third kappa shape index (κ3) is 4.31. The monoisotopic (exact) mass is 499 g/mol. The number of amides is 1. The van der Waals surface area contributed by atoms with Crippen molar-refractivity contribution in [2.24, 2.45) is 0 Å². The molecule has 0 unspecified atom stereocenters. The minimum Gasteiger partial charge on any atom is -0.322 e. The van der Waals surface area contributed by atoms with Gasteiger partial charge in [-0.3, -0.25) is 9.10 Å². The van der Waals surface area contributed by atoms with Gasteiger partial charge in [0.1, 0.15) is 0 Å². The Kier molecular flexibility index (Phi) is 6.24. The molecule has 1 aliphatic rings. The van der Waals surface area contributed by atoms with Crippen LogP contribution in [0.2, 0.25) is 0 Å². The first-order valence-electron chi connectivity index (χ1n) is 10.6. The minimum atomic E-state index is -3.90. The van der Waals surface area contributed by atoms with E-state index in [0.717, 1.165) is 9.87 Å². The van der Waals surface area contributed by atoms with Crippen molar-refractivity contribution in [1.29, 1.82) is 0 Å². The fourth-order valence-electron chi connectivity index (χ4n) is 3.96. The molecule has 178 valence electrons. The number of hydrogen-bond donors (Lipinski definition) is 1. The maximum Gasteiger partial charge on any atom is 0.264 e. The van der Waals surface area contributed by atoms with E-state index >= 15 is 0 Å². The Morgan fingerprint density at radius 2 is 1.59 bits per heavy atom. The molecule has 1 N–H and O–H groups in total. The van der Waals surface area contributed by atoms with Crippen molar-refractivity contribution in [3.63, 3.8) is 0 Å². The van der Waals surface area contributed by atoms with Crippen LogP contribution in [-0.2, 0) is 26.5 Å². The summed E-state index contributed by atoms with van der Waals surface area (Å²) in [5.74, 6) is -0.550. The normalized spacial score (nSPS) is 15.9. The summed E-state index contributed by atoms with van der Waals surface area (Å²) in [4.78, 5) is 12.9. The first-order chi connectivity index (χ1) is 16.0. The van der Waals surface area contributed by atoms with Crippen LogP contribution in [0.25, 0.3) is 0 Å². The Bertz CT molecular complexity index is 1470. The molecular weight excluding hydrogens is 474 g/mol. The molecule has 1 atom stereocenters. The Morgan fingerprint density at radius 1 is 0.912 bits per heavy atom. The molecule has 3 aromatic rings.